The molecule has 166 valence electrons. The minimum absolute atomic E-state index is 0. The molecule has 9 heteroatoms. The minimum Gasteiger partial charge on any atom is -0.489 e. The molecule has 2 heterocycles. The lowest BCUT2D eigenvalue weighted by molar-refractivity contribution is 0.223. The number of nitrogens with one attached hydrogen (secondary N) is 2. The lowest BCUT2D eigenvalue weighted by atomic mass is 10.2. The maximum Gasteiger partial charge on any atom is 0.345 e. The fraction of sp³-hybridized carbons (Fsp3) is 0.571. The number of rotatable bonds is 8. The molecule has 1 aromatic carbocycles. The summed E-state index contributed by atoms with van der Waals surface area (Å²) in [6.45, 7) is 6.83. The summed E-state index contributed by atoms with van der Waals surface area (Å²) < 4.78 is 9.34. The van der Waals surface area contributed by atoms with E-state index in [2.05, 4.69) is 33.7 Å². The van der Waals surface area contributed by atoms with Crippen LogP contribution in [0.3, 0.4) is 0 Å². The summed E-state index contributed by atoms with van der Waals surface area (Å²) in [6, 6.07) is 8.03. The van der Waals surface area contributed by atoms with E-state index in [0.717, 1.165) is 49.8 Å². The lowest BCUT2D eigenvalue weighted by Gasteiger charge is -2.18. The van der Waals surface area contributed by atoms with Gasteiger partial charge in [0.25, 0.3) is 0 Å². The Morgan fingerprint density at radius 2 is 2.17 bits per heavy atom. The van der Waals surface area contributed by atoms with Crippen LogP contribution in [0, 0.1) is 6.92 Å². The third-order valence-corrected chi connectivity index (χ3v) is 4.98. The standard InChI is InChI=1S/C21H32N6O2.HI/c1-16-8-6-9-18(14-16)29-17(2)15-24-20(22-3)23-11-7-13-27-21(28)26-12-5-4-10-19(26)25-27;/h6,8-9,14,17H,4-5,7,10-13,15H2,1-3H3,(H2,22,23,24);1H. The second kappa shape index (κ2) is 12.0. The van der Waals surface area contributed by atoms with Crippen molar-refractivity contribution in [3.63, 3.8) is 0 Å². The number of fused-ring (bicyclic) bond motifs is 1. The van der Waals surface area contributed by atoms with Gasteiger partial charge in [-0.1, -0.05) is 12.1 Å². The Kier molecular flexibility index (Phi) is 9.67. The van der Waals surface area contributed by atoms with Crippen molar-refractivity contribution in [2.24, 2.45) is 4.99 Å². The second-order valence-electron chi connectivity index (χ2n) is 7.51. The van der Waals surface area contributed by atoms with E-state index in [1.165, 1.54) is 5.56 Å². The molecule has 0 amide bonds. The molecule has 2 aromatic rings. The van der Waals surface area contributed by atoms with E-state index in [1.54, 1.807) is 11.7 Å². The van der Waals surface area contributed by atoms with E-state index >= 15 is 0 Å². The van der Waals surface area contributed by atoms with Crippen LogP contribution in [0.5, 0.6) is 5.75 Å². The van der Waals surface area contributed by atoms with Crippen molar-refractivity contribution in [2.75, 3.05) is 20.1 Å². The Hall–Kier alpha value is -2.04. The van der Waals surface area contributed by atoms with Gasteiger partial charge in [0.05, 0.1) is 6.54 Å². The fourth-order valence-electron chi connectivity index (χ4n) is 3.45. The largest absolute Gasteiger partial charge is 0.489 e. The highest BCUT2D eigenvalue weighted by Gasteiger charge is 2.16. The highest BCUT2D eigenvalue weighted by Crippen LogP contribution is 2.13. The van der Waals surface area contributed by atoms with Crippen LogP contribution < -0.4 is 21.1 Å². The third kappa shape index (κ3) is 6.75. The van der Waals surface area contributed by atoms with Gasteiger partial charge in [-0.15, -0.1) is 24.0 Å². The smallest absolute Gasteiger partial charge is 0.345 e. The molecule has 1 atom stereocenters. The average Bonchev–Trinajstić information content (AvgIpc) is 3.03. The molecule has 0 fully saturated rings. The Balaban J connectivity index is 0.00000320. The molecule has 1 aliphatic heterocycles. The van der Waals surface area contributed by atoms with Crippen molar-refractivity contribution in [1.29, 1.82) is 0 Å². The third-order valence-electron chi connectivity index (χ3n) is 4.98. The zero-order chi connectivity index (χ0) is 20.6. The number of hydrogen-bond acceptors (Lipinski definition) is 4. The molecule has 30 heavy (non-hydrogen) atoms. The van der Waals surface area contributed by atoms with Gasteiger partial charge in [-0.25, -0.2) is 9.48 Å². The predicted octanol–water partition coefficient (Wildman–Crippen LogP) is 2.33. The van der Waals surface area contributed by atoms with E-state index in [9.17, 15) is 4.79 Å². The minimum atomic E-state index is 0. The van der Waals surface area contributed by atoms with E-state index in [0.29, 0.717) is 19.6 Å². The summed E-state index contributed by atoms with van der Waals surface area (Å²) in [7, 11) is 1.75. The molecule has 0 radical (unpaired) electrons. The van der Waals surface area contributed by atoms with E-state index in [1.807, 2.05) is 29.7 Å². The summed E-state index contributed by atoms with van der Waals surface area (Å²) in [5.74, 6) is 2.52. The van der Waals surface area contributed by atoms with Gasteiger partial charge in [-0.2, -0.15) is 5.10 Å². The quantitative estimate of drug-likeness (QED) is 0.238. The first-order chi connectivity index (χ1) is 14.1. The molecule has 8 nitrogen and oxygen atoms in total. The molecular weight excluding hydrogens is 495 g/mol. The zero-order valence-corrected chi connectivity index (χ0v) is 20.4. The van der Waals surface area contributed by atoms with Gasteiger partial charge in [0.2, 0.25) is 0 Å². The summed E-state index contributed by atoms with van der Waals surface area (Å²) in [4.78, 5) is 16.6. The van der Waals surface area contributed by atoms with Crippen LogP contribution in [0.15, 0.2) is 34.1 Å². The molecule has 0 aliphatic carbocycles. The maximum absolute atomic E-state index is 12.3. The summed E-state index contributed by atoms with van der Waals surface area (Å²) >= 11 is 0. The normalized spacial score (nSPS) is 14.4. The van der Waals surface area contributed by atoms with Crippen molar-refractivity contribution in [3.05, 3.63) is 46.1 Å². The Morgan fingerprint density at radius 1 is 1.33 bits per heavy atom. The summed E-state index contributed by atoms with van der Waals surface area (Å²) in [5.41, 5.74) is 1.20. The molecule has 0 spiro atoms. The van der Waals surface area contributed by atoms with Gasteiger partial charge in [0.15, 0.2) is 5.96 Å². The number of ether oxygens (including phenoxy) is 1. The van der Waals surface area contributed by atoms with E-state index in [4.69, 9.17) is 4.74 Å². The zero-order valence-electron chi connectivity index (χ0n) is 18.1. The topological polar surface area (TPSA) is 85.5 Å². The molecule has 0 saturated carbocycles. The van der Waals surface area contributed by atoms with Crippen LogP contribution in [0.2, 0.25) is 0 Å². The highest BCUT2D eigenvalue weighted by molar-refractivity contribution is 14.0. The maximum atomic E-state index is 12.3. The first-order valence-corrected chi connectivity index (χ1v) is 10.4. The molecule has 1 aromatic heterocycles. The second-order valence-corrected chi connectivity index (χ2v) is 7.51. The van der Waals surface area contributed by atoms with Gasteiger partial charge < -0.3 is 15.4 Å². The van der Waals surface area contributed by atoms with Gasteiger partial charge in [0.1, 0.15) is 17.7 Å². The molecule has 2 N–H and O–H groups in total. The first kappa shape index (κ1) is 24.2. The fourth-order valence-corrected chi connectivity index (χ4v) is 3.45. The van der Waals surface area contributed by atoms with Crippen LogP contribution in [-0.4, -0.2) is 46.5 Å². The Morgan fingerprint density at radius 3 is 2.90 bits per heavy atom. The molecule has 0 saturated heterocycles. The number of nitrogens with zero attached hydrogens (tertiary/aromatic N) is 4. The van der Waals surface area contributed by atoms with Gasteiger partial charge >= 0.3 is 5.69 Å². The van der Waals surface area contributed by atoms with Gasteiger partial charge in [-0.05, 0) is 50.8 Å². The van der Waals surface area contributed by atoms with E-state index < -0.39 is 0 Å². The summed E-state index contributed by atoms with van der Waals surface area (Å²) in [5, 5.41) is 11.0. The summed E-state index contributed by atoms with van der Waals surface area (Å²) in [6.07, 6.45) is 3.89. The van der Waals surface area contributed by atoms with Crippen LogP contribution in [0.4, 0.5) is 0 Å². The Labute approximate surface area is 195 Å². The number of aliphatic imine (C=N–C) groups is 1. The van der Waals surface area contributed by atoms with Crippen molar-refractivity contribution in [2.45, 2.75) is 58.7 Å². The molecule has 0 bridgehead atoms. The number of aromatic nitrogens is 3. The van der Waals surface area contributed by atoms with Crippen LogP contribution in [-0.2, 0) is 19.5 Å². The van der Waals surface area contributed by atoms with Crippen LogP contribution >= 0.6 is 24.0 Å². The number of benzene rings is 1. The van der Waals surface area contributed by atoms with Crippen LogP contribution in [0.25, 0.3) is 0 Å². The van der Waals surface area contributed by atoms with Crippen molar-refractivity contribution >= 4 is 29.9 Å². The molecule has 1 unspecified atom stereocenters. The first-order valence-electron chi connectivity index (χ1n) is 10.4. The van der Waals surface area contributed by atoms with Crippen LogP contribution in [0.1, 0.15) is 37.6 Å². The molecular formula is C21H33IN6O2. The van der Waals surface area contributed by atoms with E-state index in [-0.39, 0.29) is 35.8 Å². The van der Waals surface area contributed by atoms with Gasteiger partial charge in [-0.3, -0.25) is 9.56 Å². The lowest BCUT2D eigenvalue weighted by Crippen LogP contribution is -2.42. The number of aryl methyl sites for hydroxylation is 3. The van der Waals surface area contributed by atoms with Crippen molar-refractivity contribution in [1.82, 2.24) is 25.0 Å². The molecule has 3 rings (SSSR count). The SMILES string of the molecule is CN=C(NCCCn1nc2n(c1=O)CCCC2)NCC(C)Oc1cccc(C)c1.I. The predicted molar refractivity (Wildman–Crippen MR) is 130 cm³/mol. The van der Waals surface area contributed by atoms with Crippen molar-refractivity contribution in [3.8, 4) is 5.75 Å². The monoisotopic (exact) mass is 528 g/mol. The average molecular weight is 528 g/mol. The van der Waals surface area contributed by atoms with Crippen molar-refractivity contribution < 1.29 is 4.74 Å². The van der Waals surface area contributed by atoms with Gasteiger partial charge in [0, 0.05) is 33.1 Å². The number of halogens is 1. The molecule has 1 aliphatic rings. The highest BCUT2D eigenvalue weighted by atomic mass is 127. The number of hydrogen-bond donors (Lipinski definition) is 2. The number of guanidine groups is 1. The Bertz CT molecular complexity index is 892.